The Bertz CT molecular complexity index is 1680. The lowest BCUT2D eigenvalue weighted by atomic mass is 9.71. The topological polar surface area (TPSA) is 78.6 Å². The summed E-state index contributed by atoms with van der Waals surface area (Å²) in [6, 6.07) is 9.94. The number of hydrogen-bond acceptors (Lipinski definition) is 6. The van der Waals surface area contributed by atoms with Crippen LogP contribution in [0.3, 0.4) is 0 Å². The van der Waals surface area contributed by atoms with Crippen LogP contribution in [0.15, 0.2) is 47.6 Å². The summed E-state index contributed by atoms with van der Waals surface area (Å²) in [4.78, 5) is 5.04. The van der Waals surface area contributed by atoms with Crippen LogP contribution in [0.1, 0.15) is 78.7 Å². The zero-order chi connectivity index (χ0) is 30.2. The van der Waals surface area contributed by atoms with Crippen LogP contribution in [0.2, 0.25) is 0 Å². The first-order chi connectivity index (χ1) is 19.7. The van der Waals surface area contributed by atoms with E-state index >= 15 is 0 Å². The number of aryl methyl sites for hydroxylation is 3. The van der Waals surface area contributed by atoms with E-state index in [1.165, 1.54) is 6.20 Å². The predicted molar refractivity (Wildman–Crippen MR) is 154 cm³/mol. The number of ether oxygens (including phenoxy) is 1. The fraction of sp³-hybridized carbons (Fsp3) is 0.452. The van der Waals surface area contributed by atoms with Crippen LogP contribution < -0.4 is 4.74 Å². The maximum absolute atomic E-state index is 13.9. The molecule has 1 spiro atoms. The van der Waals surface area contributed by atoms with Gasteiger partial charge < -0.3 is 9.29 Å². The number of aromatic nitrogens is 4. The summed E-state index contributed by atoms with van der Waals surface area (Å²) in [5.74, 6) is -0.731. The van der Waals surface area contributed by atoms with Gasteiger partial charge >= 0.3 is 6.18 Å². The van der Waals surface area contributed by atoms with Crippen LogP contribution in [0.25, 0.3) is 5.65 Å². The van der Waals surface area contributed by atoms with Crippen molar-refractivity contribution in [3.63, 3.8) is 0 Å². The average molecular weight is 598 g/mol. The van der Waals surface area contributed by atoms with Gasteiger partial charge in [0.15, 0.2) is 5.65 Å². The quantitative estimate of drug-likeness (QED) is 0.244. The molecule has 1 aliphatic carbocycles. The highest BCUT2D eigenvalue weighted by atomic mass is 32.2. The number of pyridine rings is 2. The van der Waals surface area contributed by atoms with Crippen molar-refractivity contribution in [2.75, 3.05) is 6.54 Å². The average Bonchev–Trinajstić information content (AvgIpc) is 3.52. The van der Waals surface area contributed by atoms with Gasteiger partial charge in [0.1, 0.15) is 5.60 Å². The number of fused-ring (bicyclic) bond motifs is 2. The Morgan fingerprint density at radius 1 is 1.07 bits per heavy atom. The molecule has 2 unspecified atom stereocenters. The van der Waals surface area contributed by atoms with Gasteiger partial charge in [0, 0.05) is 24.4 Å². The number of rotatable bonds is 4. The lowest BCUT2D eigenvalue weighted by Crippen LogP contribution is -2.38. The molecule has 1 aromatic carbocycles. The number of benzene rings is 1. The van der Waals surface area contributed by atoms with Crippen LogP contribution >= 0.6 is 0 Å². The number of alkyl halides is 3. The van der Waals surface area contributed by atoms with Crippen molar-refractivity contribution in [2.24, 2.45) is 5.41 Å². The minimum absolute atomic E-state index is 0.145. The van der Waals surface area contributed by atoms with Gasteiger partial charge in [-0.25, -0.2) is 4.98 Å². The molecular weight excluding hydrogens is 563 g/mol. The molecule has 2 aliphatic rings. The fourth-order valence-corrected chi connectivity index (χ4v) is 7.40. The minimum Gasteiger partial charge on any atom is -0.593 e. The zero-order valence-electron chi connectivity index (χ0n) is 24.5. The van der Waals surface area contributed by atoms with Gasteiger partial charge in [-0.1, -0.05) is 39.0 Å². The van der Waals surface area contributed by atoms with E-state index in [-0.39, 0.29) is 22.6 Å². The molecular formula is C31H34F3N5O2S. The van der Waals surface area contributed by atoms with Crippen LogP contribution in [0, 0.1) is 26.2 Å². The first-order valence-corrected chi connectivity index (χ1v) is 15.1. The van der Waals surface area contributed by atoms with Crippen molar-refractivity contribution >= 4 is 17.0 Å². The van der Waals surface area contributed by atoms with Crippen LogP contribution in [-0.4, -0.2) is 40.6 Å². The van der Waals surface area contributed by atoms with Crippen LogP contribution in [0.4, 0.5) is 13.2 Å². The molecule has 0 amide bonds. The summed E-state index contributed by atoms with van der Waals surface area (Å²) < 4.78 is 63.7. The Balaban J connectivity index is 1.39. The Labute approximate surface area is 246 Å². The molecule has 1 fully saturated rings. The Morgan fingerprint density at radius 3 is 2.48 bits per heavy atom. The molecule has 7 nitrogen and oxygen atoms in total. The standard InChI is InChI=1S/C31H34F3N5O2S/c1-18-13-24-27(35-15-18)41-30(10-11-30)17-38(42(24)40)16-22-14-21(8-7-19(22)2)25(29(4,5)6)23-9-12-39-26(20(23)3)36-37-28(39)31(32,33)34/h7-9,12-15,25H,10-11,16-17H2,1-6H3. The summed E-state index contributed by atoms with van der Waals surface area (Å²) in [5, 5.41) is 7.35. The van der Waals surface area contributed by atoms with E-state index in [0.29, 0.717) is 29.4 Å². The predicted octanol–water partition coefficient (Wildman–Crippen LogP) is 6.70. The van der Waals surface area contributed by atoms with Gasteiger partial charge in [0.25, 0.3) is 5.88 Å². The summed E-state index contributed by atoms with van der Waals surface area (Å²) in [6.45, 7) is 13.1. The first-order valence-electron chi connectivity index (χ1n) is 14.0. The van der Waals surface area contributed by atoms with Crippen molar-refractivity contribution in [3.8, 4) is 5.88 Å². The molecule has 222 valence electrons. The Morgan fingerprint density at radius 2 is 1.81 bits per heavy atom. The summed E-state index contributed by atoms with van der Waals surface area (Å²) in [7, 11) is 0. The zero-order valence-corrected chi connectivity index (χ0v) is 25.4. The highest BCUT2D eigenvalue weighted by Crippen LogP contribution is 2.47. The van der Waals surface area contributed by atoms with Crippen LogP contribution in [0.5, 0.6) is 5.88 Å². The highest BCUT2D eigenvalue weighted by Gasteiger charge is 2.53. The molecule has 0 saturated heterocycles. The molecule has 3 aromatic heterocycles. The molecule has 0 bridgehead atoms. The highest BCUT2D eigenvalue weighted by molar-refractivity contribution is 7.89. The first kappa shape index (κ1) is 28.9. The molecule has 0 radical (unpaired) electrons. The van der Waals surface area contributed by atoms with Gasteiger partial charge in [0.2, 0.25) is 10.7 Å². The van der Waals surface area contributed by atoms with Gasteiger partial charge in [-0.3, -0.25) is 4.40 Å². The van der Waals surface area contributed by atoms with E-state index in [0.717, 1.165) is 45.1 Å². The van der Waals surface area contributed by atoms with E-state index in [2.05, 4.69) is 54.2 Å². The van der Waals surface area contributed by atoms with Crippen molar-refractivity contribution in [2.45, 2.75) is 83.5 Å². The van der Waals surface area contributed by atoms with Crippen molar-refractivity contribution < 1.29 is 22.5 Å². The second kappa shape index (κ2) is 9.96. The van der Waals surface area contributed by atoms with Gasteiger partial charge in [-0.2, -0.15) is 13.2 Å². The molecule has 6 rings (SSSR count). The molecule has 11 heteroatoms. The van der Waals surface area contributed by atoms with Crippen LogP contribution in [-0.2, 0) is 24.1 Å². The number of nitrogens with zero attached hydrogens (tertiary/aromatic N) is 5. The lowest BCUT2D eigenvalue weighted by Gasteiger charge is -2.33. The third-order valence-corrected chi connectivity index (χ3v) is 9.71. The molecule has 0 N–H and O–H groups in total. The van der Waals surface area contributed by atoms with Crippen molar-refractivity contribution in [1.82, 2.24) is 23.9 Å². The summed E-state index contributed by atoms with van der Waals surface area (Å²) in [6.07, 6.45) is 0.333. The van der Waals surface area contributed by atoms with E-state index in [9.17, 15) is 17.7 Å². The smallest absolute Gasteiger partial charge is 0.452 e. The summed E-state index contributed by atoms with van der Waals surface area (Å²) >= 11 is -1.45. The van der Waals surface area contributed by atoms with Crippen molar-refractivity contribution in [3.05, 3.63) is 81.9 Å². The van der Waals surface area contributed by atoms with Gasteiger partial charge in [0.05, 0.1) is 24.5 Å². The minimum atomic E-state index is -4.60. The summed E-state index contributed by atoms with van der Waals surface area (Å²) in [5.41, 5.74) is 5.15. The van der Waals surface area contributed by atoms with Crippen molar-refractivity contribution in [1.29, 1.82) is 0 Å². The molecule has 42 heavy (non-hydrogen) atoms. The molecule has 4 heterocycles. The third-order valence-electron chi connectivity index (χ3n) is 8.31. The number of hydrogen-bond donors (Lipinski definition) is 0. The Hall–Kier alpha value is -3.15. The molecule has 2 atom stereocenters. The SMILES string of the molecule is Cc1cnc2c(c1)[S+]([O-])N(Cc1cc(C(c3ccn4c(C(F)(F)F)nnc4c3C)C(C)(C)C)ccc1C)CC1(CC1)O2. The lowest BCUT2D eigenvalue weighted by molar-refractivity contribution is -0.145. The molecule has 4 aromatic rings. The fourth-order valence-electron chi connectivity index (χ4n) is 5.98. The second-order valence-corrected chi connectivity index (χ2v) is 14.2. The Kier molecular flexibility index (Phi) is 6.86. The third kappa shape index (κ3) is 5.16. The van der Waals surface area contributed by atoms with E-state index in [1.54, 1.807) is 19.2 Å². The largest absolute Gasteiger partial charge is 0.593 e. The monoisotopic (exact) mass is 597 g/mol. The van der Waals surface area contributed by atoms with Gasteiger partial charge in [-0.05, 0) is 78.5 Å². The maximum Gasteiger partial charge on any atom is 0.452 e. The number of halogens is 3. The van der Waals surface area contributed by atoms with E-state index < -0.39 is 23.4 Å². The van der Waals surface area contributed by atoms with E-state index in [4.69, 9.17) is 4.74 Å². The second-order valence-electron chi connectivity index (χ2n) is 12.7. The van der Waals surface area contributed by atoms with E-state index in [1.807, 2.05) is 24.2 Å². The molecule has 1 aliphatic heterocycles. The maximum atomic E-state index is 13.9. The van der Waals surface area contributed by atoms with Gasteiger partial charge in [-0.15, -0.1) is 14.5 Å². The molecule has 1 saturated carbocycles. The normalized spacial score (nSPS) is 19.4.